The molecule has 12 heteroatoms. The normalized spacial score (nSPS) is 11.3. The van der Waals surface area contributed by atoms with E-state index in [1.165, 1.54) is 18.2 Å². The molecule has 11 rings (SSSR count). The van der Waals surface area contributed by atoms with Crippen molar-refractivity contribution in [1.29, 1.82) is 0 Å². The Bertz CT molecular complexity index is 4160. The van der Waals surface area contributed by atoms with E-state index in [-0.39, 0.29) is 33.5 Å². The fourth-order valence-electron chi connectivity index (χ4n) is 9.48. The second kappa shape index (κ2) is 20.0. The lowest BCUT2D eigenvalue weighted by molar-refractivity contribution is -0.385. The Labute approximate surface area is 435 Å². The van der Waals surface area contributed by atoms with Crippen LogP contribution in [0.4, 0.5) is 11.4 Å². The molecule has 0 amide bonds. The average Bonchev–Trinajstić information content (AvgIpc) is 4.30. The highest BCUT2D eigenvalue weighted by molar-refractivity contribution is 6.00. The van der Waals surface area contributed by atoms with E-state index < -0.39 is 16.9 Å². The summed E-state index contributed by atoms with van der Waals surface area (Å²) in [5, 5.41) is 31.7. The first-order chi connectivity index (χ1) is 36.9. The van der Waals surface area contributed by atoms with Crippen LogP contribution < -0.4 is 4.90 Å². The van der Waals surface area contributed by atoms with Crippen molar-refractivity contribution < 1.29 is 24.7 Å². The van der Waals surface area contributed by atoms with Gasteiger partial charge in [0, 0.05) is 75.6 Å². The van der Waals surface area contributed by atoms with Crippen LogP contribution in [0.1, 0.15) is 65.7 Å². The van der Waals surface area contributed by atoms with Gasteiger partial charge in [-0.25, -0.2) is 19.6 Å². The molecule has 8 bridgehead atoms. The summed E-state index contributed by atoms with van der Waals surface area (Å²) < 4.78 is 0. The third-order valence-corrected chi connectivity index (χ3v) is 13.0. The first-order valence-corrected chi connectivity index (χ1v) is 24.0. The Hall–Kier alpha value is -10.8. The molecule has 0 radical (unpaired) electrons. The van der Waals surface area contributed by atoms with Gasteiger partial charge >= 0.3 is 11.9 Å². The molecule has 6 aromatic carbocycles. The Morgan fingerprint density at radius 2 is 0.855 bits per heavy atom. The number of fused-ring (bicyclic) bond motifs is 8. The number of nitro groups is 1. The second-order valence-corrected chi connectivity index (χ2v) is 18.1. The number of aromatic nitrogens is 4. The van der Waals surface area contributed by atoms with E-state index >= 15 is 0 Å². The van der Waals surface area contributed by atoms with Gasteiger partial charge in [-0.2, -0.15) is 0 Å². The van der Waals surface area contributed by atoms with Gasteiger partial charge in [0.1, 0.15) is 5.56 Å². The van der Waals surface area contributed by atoms with Gasteiger partial charge < -0.3 is 25.1 Å². The molecule has 364 valence electrons. The average molecular weight is 991 g/mol. The molecule has 0 unspecified atom stereocenters. The number of carbonyl (C=O) groups is 2. The van der Waals surface area contributed by atoms with E-state index in [1.54, 1.807) is 25.1 Å². The zero-order chi connectivity index (χ0) is 52.5. The van der Waals surface area contributed by atoms with Gasteiger partial charge in [-0.05, 0) is 107 Å². The molecule has 76 heavy (non-hydrogen) atoms. The van der Waals surface area contributed by atoms with E-state index in [1.807, 2.05) is 91.0 Å². The molecule has 9 aromatic rings. The molecule has 5 heterocycles. The number of hydrogen-bond donors (Lipinski definition) is 4. The van der Waals surface area contributed by atoms with Gasteiger partial charge in [-0.1, -0.05) is 127 Å². The summed E-state index contributed by atoms with van der Waals surface area (Å²) in [5.41, 5.74) is 15.0. The monoisotopic (exact) mass is 990 g/mol. The number of benzene rings is 6. The quantitative estimate of drug-likeness (QED) is 0.0655. The van der Waals surface area contributed by atoms with Crippen LogP contribution in [0.25, 0.3) is 90.9 Å². The lowest BCUT2D eigenvalue weighted by Crippen LogP contribution is -2.11. The summed E-state index contributed by atoms with van der Waals surface area (Å²) in [4.78, 5) is 55.5. The van der Waals surface area contributed by atoms with Crippen LogP contribution >= 0.6 is 0 Å². The lowest BCUT2D eigenvalue weighted by atomic mass is 10.0. The van der Waals surface area contributed by atoms with E-state index in [2.05, 4.69) is 106 Å². The van der Waals surface area contributed by atoms with Crippen LogP contribution in [0.2, 0.25) is 0 Å². The molecule has 4 N–H and O–H groups in total. The van der Waals surface area contributed by atoms with Crippen LogP contribution in [-0.2, 0) is 0 Å². The molecule has 3 aromatic heterocycles. The SMILES string of the molecule is CN(C)c1cc(C#Cc2ccc(-c3c4nc(c(-c5ccccc5)c5ccc([nH]5)c(-c5ccccc5)c5nc(c(-c6ccccc6)c6ccc3[nH]6)C=C5)C=C4)cc2)c([N+](=O)[O-])cc1C#Cc1cc(C(=O)O)cc(C(=O)O)c1. The molecule has 12 nitrogen and oxygen atoms in total. The van der Waals surface area contributed by atoms with E-state index in [4.69, 9.17) is 9.97 Å². The van der Waals surface area contributed by atoms with Gasteiger partial charge in [0.05, 0.1) is 50.1 Å². The maximum atomic E-state index is 12.6. The number of aromatic carboxylic acids is 2. The fourth-order valence-corrected chi connectivity index (χ4v) is 9.48. The van der Waals surface area contributed by atoms with Crippen molar-refractivity contribution in [2.45, 2.75) is 0 Å². The van der Waals surface area contributed by atoms with Crippen LogP contribution in [0, 0.1) is 33.8 Å². The van der Waals surface area contributed by atoms with Crippen molar-refractivity contribution in [2.24, 2.45) is 0 Å². The van der Waals surface area contributed by atoms with Crippen molar-refractivity contribution >= 4 is 69.7 Å². The summed E-state index contributed by atoms with van der Waals surface area (Å²) in [5.74, 6) is 9.22. The van der Waals surface area contributed by atoms with Gasteiger partial charge in [-0.15, -0.1) is 0 Å². The number of carboxylic acid groups (broad SMARTS) is 2. The Morgan fingerprint density at radius 1 is 0.474 bits per heavy atom. The highest BCUT2D eigenvalue weighted by atomic mass is 16.6. The first kappa shape index (κ1) is 47.5. The first-order valence-electron chi connectivity index (χ1n) is 24.0. The highest BCUT2D eigenvalue weighted by Crippen LogP contribution is 2.39. The van der Waals surface area contributed by atoms with Crippen molar-refractivity contribution in [3.8, 4) is 68.2 Å². The number of carboxylic acids is 2. The molecular formula is C64H42N6O6. The van der Waals surface area contributed by atoms with E-state index in [0.29, 0.717) is 11.3 Å². The van der Waals surface area contributed by atoms with Crippen molar-refractivity contribution in [3.63, 3.8) is 0 Å². The number of aromatic amines is 2. The third-order valence-electron chi connectivity index (χ3n) is 13.0. The predicted octanol–water partition coefficient (Wildman–Crippen LogP) is 13.5. The number of nitrogens with zero attached hydrogens (tertiary/aromatic N) is 4. The Balaban J connectivity index is 1.07. The minimum Gasteiger partial charge on any atom is -0.478 e. The summed E-state index contributed by atoms with van der Waals surface area (Å²) in [6.45, 7) is 0. The number of rotatable bonds is 8. The molecule has 0 saturated carbocycles. The van der Waals surface area contributed by atoms with Crippen LogP contribution in [-0.4, -0.2) is 61.1 Å². The Kier molecular flexibility index (Phi) is 12.5. The van der Waals surface area contributed by atoms with Crippen molar-refractivity contribution in [3.05, 3.63) is 236 Å². The number of anilines is 1. The zero-order valence-electron chi connectivity index (χ0n) is 40.8. The van der Waals surface area contributed by atoms with Crippen LogP contribution in [0.3, 0.4) is 0 Å². The van der Waals surface area contributed by atoms with Gasteiger partial charge in [-0.3, -0.25) is 10.1 Å². The third kappa shape index (κ3) is 9.40. The topological polar surface area (TPSA) is 178 Å². The molecule has 0 fully saturated rings. The molecule has 0 saturated heterocycles. The summed E-state index contributed by atoms with van der Waals surface area (Å²) in [6, 6.07) is 53.2. The van der Waals surface area contributed by atoms with Gasteiger partial charge in [0.15, 0.2) is 0 Å². The zero-order valence-corrected chi connectivity index (χ0v) is 40.8. The molecule has 2 aliphatic rings. The molecule has 0 spiro atoms. The maximum Gasteiger partial charge on any atom is 0.335 e. The number of nitrogens with one attached hydrogen (secondary N) is 2. The molecule has 0 aliphatic carbocycles. The fraction of sp³-hybridized carbons (Fsp3) is 0.0312. The van der Waals surface area contributed by atoms with Crippen molar-refractivity contribution in [1.82, 2.24) is 19.9 Å². The van der Waals surface area contributed by atoms with Crippen LogP contribution in [0.15, 0.2) is 170 Å². The standard InChI is InChI=1S/C64H42N6O6/c1-69(2)57-37-46(58(70(75)76)38-45(57)25-21-40-34-47(63(71)72)36-48(35-40)64(73)74)24-20-39-18-22-44(23-19-39)62-55-32-30-53(67-55)60(42-14-8-4-9-15-42)51-28-26-49(65-51)59(41-12-6-3-7-13-41)50-27-29-52(66-50)61(43-16-10-5-11-17-43)54-31-33-56(62)68-54/h3-19,22-23,26-38,65,68H,1-2H3,(H,71,72)(H,73,74). The molecular weight excluding hydrogens is 949 g/mol. The molecule has 0 atom stereocenters. The van der Waals surface area contributed by atoms with Gasteiger partial charge in [0.2, 0.25) is 0 Å². The maximum absolute atomic E-state index is 12.6. The second-order valence-electron chi connectivity index (χ2n) is 18.1. The summed E-state index contributed by atoms with van der Waals surface area (Å²) in [7, 11) is 3.51. The largest absolute Gasteiger partial charge is 0.478 e. The summed E-state index contributed by atoms with van der Waals surface area (Å²) in [6.07, 6.45) is 8.23. The Morgan fingerprint density at radius 3 is 1.24 bits per heavy atom. The van der Waals surface area contributed by atoms with E-state index in [0.717, 1.165) is 95.4 Å². The van der Waals surface area contributed by atoms with Crippen LogP contribution in [0.5, 0.6) is 0 Å². The lowest BCUT2D eigenvalue weighted by Gasteiger charge is -2.15. The number of nitro benzene ring substituents is 1. The minimum atomic E-state index is -1.32. The van der Waals surface area contributed by atoms with E-state index in [9.17, 15) is 29.9 Å². The van der Waals surface area contributed by atoms with Crippen molar-refractivity contribution in [2.75, 3.05) is 19.0 Å². The number of H-pyrrole nitrogens is 2. The smallest absolute Gasteiger partial charge is 0.335 e. The summed E-state index contributed by atoms with van der Waals surface area (Å²) >= 11 is 0. The predicted molar refractivity (Wildman–Crippen MR) is 300 cm³/mol. The highest BCUT2D eigenvalue weighted by Gasteiger charge is 2.21. The van der Waals surface area contributed by atoms with Gasteiger partial charge in [0.25, 0.3) is 5.69 Å². The molecule has 2 aliphatic heterocycles. The minimum absolute atomic E-state index is 0.120. The number of hydrogen-bond acceptors (Lipinski definition) is 7.